The molecular formula is C19H24N6O. The van der Waals surface area contributed by atoms with Gasteiger partial charge in [-0.2, -0.15) is 0 Å². The molecule has 2 aromatic heterocycles. The number of anilines is 1. The van der Waals surface area contributed by atoms with E-state index in [0.29, 0.717) is 13.1 Å². The lowest BCUT2D eigenvalue weighted by Gasteiger charge is -2.32. The Kier molecular flexibility index (Phi) is 4.44. The zero-order valence-electron chi connectivity index (χ0n) is 15.3. The van der Waals surface area contributed by atoms with Crippen molar-refractivity contribution in [1.29, 1.82) is 0 Å². The number of carbonyl (C=O) groups is 1. The first-order chi connectivity index (χ1) is 12.7. The highest BCUT2D eigenvalue weighted by Gasteiger charge is 2.42. The summed E-state index contributed by atoms with van der Waals surface area (Å²) in [6.07, 6.45) is 7.16. The van der Waals surface area contributed by atoms with Crippen molar-refractivity contribution in [3.8, 4) is 0 Å². The molecule has 7 heteroatoms. The summed E-state index contributed by atoms with van der Waals surface area (Å²) in [6, 6.07) is 4.06. The Hall–Kier alpha value is -2.70. The first-order valence-electron chi connectivity index (χ1n) is 9.36. The maximum absolute atomic E-state index is 13.0. The Morgan fingerprint density at radius 1 is 1.23 bits per heavy atom. The third kappa shape index (κ3) is 2.87. The lowest BCUT2D eigenvalue weighted by molar-refractivity contribution is 0.226. The molecule has 4 heterocycles. The normalized spacial score (nSPS) is 18.8. The van der Waals surface area contributed by atoms with E-state index < -0.39 is 0 Å². The minimum absolute atomic E-state index is 0.00937. The van der Waals surface area contributed by atoms with Gasteiger partial charge in [-0.15, -0.1) is 0 Å². The van der Waals surface area contributed by atoms with Crippen LogP contribution in [0.5, 0.6) is 0 Å². The van der Waals surface area contributed by atoms with Crippen LogP contribution >= 0.6 is 0 Å². The second-order valence-electron chi connectivity index (χ2n) is 6.84. The average Bonchev–Trinajstić information content (AvgIpc) is 3.24. The zero-order chi connectivity index (χ0) is 18.1. The number of hydrogen-bond acceptors (Lipinski definition) is 4. The summed E-state index contributed by atoms with van der Waals surface area (Å²) in [5, 5.41) is 0. The van der Waals surface area contributed by atoms with Crippen LogP contribution in [0.4, 0.5) is 10.6 Å². The van der Waals surface area contributed by atoms with Gasteiger partial charge in [0.25, 0.3) is 0 Å². The predicted molar refractivity (Wildman–Crippen MR) is 101 cm³/mol. The van der Waals surface area contributed by atoms with Gasteiger partial charge in [-0.25, -0.2) is 9.78 Å². The number of carbonyl (C=O) groups excluding carboxylic acids is 1. The first kappa shape index (κ1) is 16.8. The largest absolute Gasteiger partial charge is 0.338 e. The van der Waals surface area contributed by atoms with Gasteiger partial charge in [-0.1, -0.05) is 13.8 Å². The smallest absolute Gasteiger partial charge is 0.331 e. The fourth-order valence-electron chi connectivity index (χ4n) is 3.63. The molecule has 0 fully saturated rings. The Balaban J connectivity index is 1.67. The van der Waals surface area contributed by atoms with Gasteiger partial charge in [0.05, 0.1) is 12.6 Å². The van der Waals surface area contributed by atoms with E-state index in [2.05, 4.69) is 23.8 Å². The van der Waals surface area contributed by atoms with Crippen LogP contribution in [0.15, 0.2) is 29.5 Å². The Morgan fingerprint density at radius 3 is 2.77 bits per heavy atom. The molecule has 2 aliphatic rings. The van der Waals surface area contributed by atoms with E-state index >= 15 is 0 Å². The maximum atomic E-state index is 13.0. The first-order valence-corrected chi connectivity index (χ1v) is 9.36. The number of amidine groups is 1. The van der Waals surface area contributed by atoms with Crippen molar-refractivity contribution in [2.45, 2.75) is 45.6 Å². The van der Waals surface area contributed by atoms with Crippen LogP contribution in [0.1, 0.15) is 43.8 Å². The van der Waals surface area contributed by atoms with Gasteiger partial charge in [0.1, 0.15) is 11.5 Å². The number of aryl methyl sites for hydroxylation is 1. The Labute approximate surface area is 153 Å². The summed E-state index contributed by atoms with van der Waals surface area (Å²) in [6.45, 7) is 5.48. The Bertz CT molecular complexity index is 828. The van der Waals surface area contributed by atoms with Crippen LogP contribution in [-0.2, 0) is 12.8 Å². The molecule has 0 radical (unpaired) electrons. The van der Waals surface area contributed by atoms with Crippen molar-refractivity contribution in [2.24, 2.45) is 4.99 Å². The van der Waals surface area contributed by atoms with Crippen LogP contribution in [0, 0.1) is 0 Å². The number of nitrogens with zero attached hydrogens (tertiary/aromatic N) is 5. The molecule has 0 aromatic carbocycles. The van der Waals surface area contributed by atoms with Crippen LogP contribution in [0.3, 0.4) is 0 Å². The molecule has 2 aromatic rings. The number of nitrogens with one attached hydrogen (secondary N) is 1. The molecule has 0 saturated carbocycles. The topological polar surface area (TPSA) is 77.5 Å². The summed E-state index contributed by atoms with van der Waals surface area (Å²) < 4.78 is 0. The van der Waals surface area contributed by atoms with E-state index in [-0.39, 0.29) is 12.1 Å². The van der Waals surface area contributed by atoms with Gasteiger partial charge in [0.2, 0.25) is 0 Å². The molecule has 136 valence electrons. The summed E-state index contributed by atoms with van der Waals surface area (Å²) >= 11 is 0. The number of urea groups is 1. The summed E-state index contributed by atoms with van der Waals surface area (Å²) in [5.74, 6) is 2.40. The fourth-order valence-corrected chi connectivity index (χ4v) is 3.63. The highest BCUT2D eigenvalue weighted by Crippen LogP contribution is 2.31. The maximum Gasteiger partial charge on any atom is 0.331 e. The van der Waals surface area contributed by atoms with E-state index in [4.69, 9.17) is 9.98 Å². The molecule has 2 amide bonds. The van der Waals surface area contributed by atoms with E-state index in [9.17, 15) is 4.79 Å². The number of aromatic amines is 1. The molecule has 0 bridgehead atoms. The summed E-state index contributed by atoms with van der Waals surface area (Å²) in [4.78, 5) is 33.7. The van der Waals surface area contributed by atoms with Crippen molar-refractivity contribution < 1.29 is 4.79 Å². The second kappa shape index (κ2) is 6.90. The van der Waals surface area contributed by atoms with Gasteiger partial charge in [-0.3, -0.25) is 19.8 Å². The highest BCUT2D eigenvalue weighted by atomic mass is 16.2. The summed E-state index contributed by atoms with van der Waals surface area (Å²) in [5.41, 5.74) is 2.07. The van der Waals surface area contributed by atoms with Crippen molar-refractivity contribution in [3.63, 3.8) is 0 Å². The minimum atomic E-state index is -0.00937. The SMILES string of the molecule is CCCc1nc2c([nH]1)C1=NC(Cc3ccncc3)CN1C(=O)N2CCC. The standard InChI is InChI=1S/C19H24N6O/c1-3-5-15-22-16-17-21-14(11-13-6-8-20-9-7-13)12-25(17)19(26)24(10-4-2)18(16)23-15/h6-9,14H,3-5,10-12H2,1-2H3,(H,22,23). The number of fused-ring (bicyclic) bond motifs is 3. The van der Waals surface area contributed by atoms with Crippen molar-refractivity contribution in [1.82, 2.24) is 19.9 Å². The summed E-state index contributed by atoms with van der Waals surface area (Å²) in [7, 11) is 0. The molecule has 2 aliphatic heterocycles. The molecule has 26 heavy (non-hydrogen) atoms. The third-order valence-corrected chi connectivity index (χ3v) is 4.78. The monoisotopic (exact) mass is 352 g/mol. The van der Waals surface area contributed by atoms with Crippen LogP contribution in [0.25, 0.3) is 0 Å². The second-order valence-corrected chi connectivity index (χ2v) is 6.84. The van der Waals surface area contributed by atoms with Crippen molar-refractivity contribution in [2.75, 3.05) is 18.0 Å². The zero-order valence-corrected chi connectivity index (χ0v) is 15.3. The lowest BCUT2D eigenvalue weighted by atomic mass is 10.1. The van der Waals surface area contributed by atoms with E-state index in [1.165, 1.54) is 5.56 Å². The van der Waals surface area contributed by atoms with E-state index in [1.54, 1.807) is 22.2 Å². The number of hydrogen-bond donors (Lipinski definition) is 1. The fraction of sp³-hybridized carbons (Fsp3) is 0.474. The molecular weight excluding hydrogens is 328 g/mol. The number of H-pyrrole nitrogens is 1. The molecule has 4 rings (SSSR count). The molecule has 0 spiro atoms. The van der Waals surface area contributed by atoms with Crippen LogP contribution < -0.4 is 4.90 Å². The van der Waals surface area contributed by atoms with Gasteiger partial charge in [0.15, 0.2) is 11.7 Å². The minimum Gasteiger partial charge on any atom is -0.338 e. The lowest BCUT2D eigenvalue weighted by Crippen LogP contribution is -2.50. The van der Waals surface area contributed by atoms with Gasteiger partial charge in [0, 0.05) is 25.4 Å². The molecule has 1 unspecified atom stereocenters. The molecule has 1 atom stereocenters. The van der Waals surface area contributed by atoms with Gasteiger partial charge in [-0.05, 0) is 37.0 Å². The average molecular weight is 352 g/mol. The molecule has 0 aliphatic carbocycles. The highest BCUT2D eigenvalue weighted by molar-refractivity contribution is 6.18. The number of aromatic nitrogens is 3. The molecule has 1 N–H and O–H groups in total. The van der Waals surface area contributed by atoms with Crippen molar-refractivity contribution >= 4 is 17.7 Å². The molecule has 7 nitrogen and oxygen atoms in total. The van der Waals surface area contributed by atoms with Gasteiger partial charge < -0.3 is 4.98 Å². The van der Waals surface area contributed by atoms with Crippen LogP contribution in [0.2, 0.25) is 0 Å². The number of pyridine rings is 1. The van der Waals surface area contributed by atoms with E-state index in [1.807, 2.05) is 12.1 Å². The van der Waals surface area contributed by atoms with E-state index in [0.717, 1.165) is 48.9 Å². The van der Waals surface area contributed by atoms with Crippen molar-refractivity contribution in [3.05, 3.63) is 41.6 Å². The quantitative estimate of drug-likeness (QED) is 0.868. The number of imidazole rings is 1. The number of amides is 2. The molecule has 0 saturated heterocycles. The third-order valence-electron chi connectivity index (χ3n) is 4.78. The number of aliphatic imine (C=N–C) groups is 1. The Morgan fingerprint density at radius 2 is 2.04 bits per heavy atom. The van der Waals surface area contributed by atoms with Crippen LogP contribution in [-0.4, -0.2) is 50.8 Å². The predicted octanol–water partition coefficient (Wildman–Crippen LogP) is 2.78. The van der Waals surface area contributed by atoms with Gasteiger partial charge >= 0.3 is 6.03 Å². The number of rotatable bonds is 6.